The Morgan fingerprint density at radius 1 is 1.07 bits per heavy atom. The lowest BCUT2D eigenvalue weighted by Gasteiger charge is -2.28. The average Bonchev–Trinajstić information content (AvgIpc) is 2.78. The molecule has 0 unspecified atom stereocenters. The number of amides is 1. The number of para-hydroxylation sites is 1. The average molecular weight is 426 g/mol. The van der Waals surface area contributed by atoms with Gasteiger partial charge in [-0.05, 0) is 35.4 Å². The van der Waals surface area contributed by atoms with Crippen molar-refractivity contribution in [1.29, 1.82) is 0 Å². The Labute approximate surface area is 176 Å². The van der Waals surface area contributed by atoms with Gasteiger partial charge in [-0.3, -0.25) is 9.59 Å². The first-order valence-corrected chi connectivity index (χ1v) is 11.1. The van der Waals surface area contributed by atoms with E-state index in [9.17, 15) is 14.7 Å². The van der Waals surface area contributed by atoms with Crippen molar-refractivity contribution >= 4 is 27.7 Å². The number of ether oxygens (including phenoxy) is 2. The van der Waals surface area contributed by atoms with Crippen molar-refractivity contribution in [1.82, 2.24) is 9.88 Å². The van der Waals surface area contributed by atoms with E-state index in [0.717, 1.165) is 0 Å². The molecule has 30 heavy (non-hydrogen) atoms. The number of pyridine rings is 1. The summed E-state index contributed by atoms with van der Waals surface area (Å²) in [6.45, 7) is 0.976. The predicted octanol–water partition coefficient (Wildman–Crippen LogP) is 1.75. The third kappa shape index (κ3) is 3.59. The lowest BCUT2D eigenvalue weighted by molar-refractivity contribution is -0.270. The number of hydrogen-bond donors (Lipinski definition) is 1. The minimum atomic E-state index is -0.487. The molecule has 1 saturated heterocycles. The van der Waals surface area contributed by atoms with Gasteiger partial charge in [0.2, 0.25) is 4.90 Å². The van der Waals surface area contributed by atoms with Crippen molar-refractivity contribution in [2.24, 2.45) is 0 Å². The van der Waals surface area contributed by atoms with Gasteiger partial charge in [-0.2, -0.15) is 0 Å². The topological polar surface area (TPSA) is 94.7 Å². The predicted molar refractivity (Wildman–Crippen MR) is 115 cm³/mol. The molecule has 3 aromatic rings. The van der Waals surface area contributed by atoms with Gasteiger partial charge in [0.1, 0.15) is 11.5 Å². The number of methoxy groups -OCH3 is 2. The number of aromatic amines is 1. The van der Waals surface area contributed by atoms with Gasteiger partial charge >= 0.3 is 5.56 Å². The van der Waals surface area contributed by atoms with Crippen LogP contribution in [0.5, 0.6) is 17.2 Å². The fraction of sp³-hybridized carbons (Fsp3) is 0.273. The molecular formula is C22H22N2O5S. The molecule has 1 aromatic heterocycles. The SMILES string of the molecule is COc1ccc(C(=O)N2CC[S+](c3c([O-])c4ccccc4[nH]c3=O)CC2)cc1OC. The minimum Gasteiger partial charge on any atom is -0.868 e. The maximum Gasteiger partial charge on any atom is 0.303 e. The molecule has 156 valence electrons. The van der Waals surface area contributed by atoms with Gasteiger partial charge in [-0.1, -0.05) is 18.2 Å². The van der Waals surface area contributed by atoms with Gasteiger partial charge in [0.05, 0.1) is 27.3 Å². The molecule has 1 N–H and O–H groups in total. The summed E-state index contributed by atoms with van der Waals surface area (Å²) >= 11 is 0. The van der Waals surface area contributed by atoms with Crippen molar-refractivity contribution in [3.05, 3.63) is 58.4 Å². The van der Waals surface area contributed by atoms with Crippen LogP contribution >= 0.6 is 0 Å². The number of carbonyl (C=O) groups is 1. The highest BCUT2D eigenvalue weighted by atomic mass is 32.2. The number of aromatic nitrogens is 1. The Bertz CT molecular complexity index is 1150. The lowest BCUT2D eigenvalue weighted by Crippen LogP contribution is -2.45. The summed E-state index contributed by atoms with van der Waals surface area (Å²) in [5.74, 6) is 1.95. The van der Waals surface area contributed by atoms with E-state index in [-0.39, 0.29) is 17.2 Å². The quantitative estimate of drug-likeness (QED) is 0.642. The highest BCUT2D eigenvalue weighted by Gasteiger charge is 2.34. The molecule has 0 spiro atoms. The van der Waals surface area contributed by atoms with Gasteiger partial charge in [0, 0.05) is 22.0 Å². The number of rotatable bonds is 4. The van der Waals surface area contributed by atoms with Gasteiger partial charge in [0.15, 0.2) is 11.5 Å². The van der Waals surface area contributed by atoms with Crippen LogP contribution in [0.2, 0.25) is 0 Å². The number of hydrogen-bond acceptors (Lipinski definition) is 5. The van der Waals surface area contributed by atoms with E-state index in [4.69, 9.17) is 9.47 Å². The summed E-state index contributed by atoms with van der Waals surface area (Å²) in [5.41, 5.74) is 0.756. The third-order valence-corrected chi connectivity index (χ3v) is 7.55. The van der Waals surface area contributed by atoms with E-state index in [1.807, 2.05) is 0 Å². The first-order chi connectivity index (χ1) is 14.5. The van der Waals surface area contributed by atoms with E-state index in [1.165, 1.54) is 7.11 Å². The third-order valence-electron chi connectivity index (χ3n) is 5.25. The first kappa shape index (κ1) is 20.2. The standard InChI is InChI=1S/C22H22N2O5S/c1-28-17-8-7-14(13-18(17)29-2)22(27)24-9-11-30(12-10-24)20-19(25)15-5-3-4-6-16(15)23-21(20)26/h3-8,13H,9-12H2,1-2H3,(H-,23,25,26). The van der Waals surface area contributed by atoms with Crippen LogP contribution in [0.3, 0.4) is 0 Å². The van der Waals surface area contributed by atoms with Crippen LogP contribution in [0.4, 0.5) is 0 Å². The largest absolute Gasteiger partial charge is 0.868 e. The van der Waals surface area contributed by atoms with Crippen molar-refractivity contribution < 1.29 is 19.4 Å². The van der Waals surface area contributed by atoms with Crippen molar-refractivity contribution in [3.63, 3.8) is 0 Å². The Balaban J connectivity index is 1.53. The van der Waals surface area contributed by atoms with Crippen molar-refractivity contribution in [3.8, 4) is 17.2 Å². The normalized spacial score (nSPS) is 14.7. The zero-order valence-electron chi connectivity index (χ0n) is 16.8. The summed E-state index contributed by atoms with van der Waals surface area (Å²) in [4.78, 5) is 30.4. The smallest absolute Gasteiger partial charge is 0.303 e. The number of fused-ring (bicyclic) bond motifs is 1. The van der Waals surface area contributed by atoms with Crippen LogP contribution in [0.25, 0.3) is 10.9 Å². The highest BCUT2D eigenvalue weighted by Crippen LogP contribution is 2.30. The maximum absolute atomic E-state index is 12.9. The Morgan fingerprint density at radius 2 is 1.77 bits per heavy atom. The molecule has 8 heteroatoms. The molecule has 7 nitrogen and oxygen atoms in total. The second kappa shape index (κ2) is 8.31. The molecule has 1 amide bonds. The number of nitrogens with zero attached hydrogens (tertiary/aromatic N) is 1. The van der Waals surface area contributed by atoms with Gasteiger partial charge < -0.3 is 24.5 Å². The molecule has 1 aliphatic heterocycles. The summed E-state index contributed by atoms with van der Waals surface area (Å²) in [6.07, 6.45) is 0. The van der Waals surface area contributed by atoms with E-state index in [0.29, 0.717) is 57.5 Å². The molecule has 0 radical (unpaired) electrons. The second-order valence-corrected chi connectivity index (χ2v) is 9.13. The number of carbonyl (C=O) groups excluding carboxylic acids is 1. The molecule has 1 aliphatic rings. The number of H-pyrrole nitrogens is 1. The minimum absolute atomic E-state index is 0.103. The van der Waals surface area contributed by atoms with E-state index in [2.05, 4.69) is 4.98 Å². The summed E-state index contributed by atoms with van der Waals surface area (Å²) in [5, 5.41) is 13.4. The Kier molecular flexibility index (Phi) is 5.59. The molecule has 4 rings (SSSR count). The van der Waals surface area contributed by atoms with E-state index in [1.54, 1.807) is 54.5 Å². The maximum atomic E-state index is 12.9. The number of nitrogens with one attached hydrogen (secondary N) is 1. The van der Waals surface area contributed by atoms with Crippen LogP contribution in [-0.4, -0.2) is 54.6 Å². The van der Waals surface area contributed by atoms with Crippen LogP contribution in [0, 0.1) is 0 Å². The molecule has 0 bridgehead atoms. The van der Waals surface area contributed by atoms with Crippen molar-refractivity contribution in [2.75, 3.05) is 38.8 Å². The molecule has 0 aliphatic carbocycles. The van der Waals surface area contributed by atoms with Crippen LogP contribution in [-0.2, 0) is 10.9 Å². The molecular weight excluding hydrogens is 404 g/mol. The van der Waals surface area contributed by atoms with E-state index >= 15 is 0 Å². The van der Waals surface area contributed by atoms with Crippen LogP contribution in [0.15, 0.2) is 52.2 Å². The highest BCUT2D eigenvalue weighted by molar-refractivity contribution is 7.97. The van der Waals surface area contributed by atoms with Gasteiger partial charge in [-0.15, -0.1) is 0 Å². The monoisotopic (exact) mass is 426 g/mol. The molecule has 0 atom stereocenters. The Hall–Kier alpha value is -3.13. The first-order valence-electron chi connectivity index (χ1n) is 9.54. The molecule has 0 saturated carbocycles. The fourth-order valence-electron chi connectivity index (χ4n) is 3.67. The van der Waals surface area contributed by atoms with Crippen LogP contribution in [0.1, 0.15) is 10.4 Å². The Morgan fingerprint density at radius 3 is 2.47 bits per heavy atom. The lowest BCUT2D eigenvalue weighted by atomic mass is 10.1. The molecule has 2 heterocycles. The number of benzene rings is 2. The van der Waals surface area contributed by atoms with Gasteiger partial charge in [0.25, 0.3) is 5.91 Å². The zero-order valence-corrected chi connectivity index (χ0v) is 17.6. The van der Waals surface area contributed by atoms with E-state index < -0.39 is 10.9 Å². The zero-order chi connectivity index (χ0) is 21.3. The van der Waals surface area contributed by atoms with Gasteiger partial charge in [-0.25, -0.2) is 0 Å². The van der Waals surface area contributed by atoms with Crippen molar-refractivity contribution in [2.45, 2.75) is 4.90 Å². The molecule has 2 aromatic carbocycles. The summed E-state index contributed by atoms with van der Waals surface area (Å²) < 4.78 is 10.5. The van der Waals surface area contributed by atoms with Crippen LogP contribution < -0.4 is 20.1 Å². The molecule has 1 fully saturated rings. The second-order valence-electron chi connectivity index (χ2n) is 6.92. The summed E-state index contributed by atoms with van der Waals surface area (Å²) in [6, 6.07) is 12.1. The fourth-order valence-corrected chi connectivity index (χ4v) is 5.85. The summed E-state index contributed by atoms with van der Waals surface area (Å²) in [7, 11) is 2.59.